The third-order valence-electron chi connectivity index (χ3n) is 3.27. The molecule has 0 aliphatic carbocycles. The first-order valence-electron chi connectivity index (χ1n) is 6.35. The molecule has 0 amide bonds. The van der Waals surface area contributed by atoms with Gasteiger partial charge in [0.2, 0.25) is 0 Å². The molecule has 3 heteroatoms. The van der Waals surface area contributed by atoms with Crippen molar-refractivity contribution in [2.24, 2.45) is 5.92 Å². The highest BCUT2D eigenvalue weighted by atomic mass is 35.5. The van der Waals surface area contributed by atoms with Crippen molar-refractivity contribution in [2.75, 3.05) is 19.7 Å². The molecule has 1 aliphatic heterocycles. The molecule has 94 valence electrons. The molecule has 1 atom stereocenters. The van der Waals surface area contributed by atoms with Gasteiger partial charge in [0.1, 0.15) is 5.75 Å². The highest BCUT2D eigenvalue weighted by Gasteiger charge is 2.12. The molecule has 1 fully saturated rings. The van der Waals surface area contributed by atoms with Crippen LogP contribution in [0.2, 0.25) is 5.02 Å². The van der Waals surface area contributed by atoms with Crippen LogP contribution < -0.4 is 10.1 Å². The molecular weight excluding hydrogens is 234 g/mol. The van der Waals surface area contributed by atoms with E-state index in [4.69, 9.17) is 16.3 Å². The van der Waals surface area contributed by atoms with Gasteiger partial charge in [0, 0.05) is 0 Å². The Morgan fingerprint density at radius 1 is 1.47 bits per heavy atom. The predicted molar refractivity (Wildman–Crippen MR) is 71.9 cm³/mol. The minimum absolute atomic E-state index is 0.715. The summed E-state index contributed by atoms with van der Waals surface area (Å²) in [7, 11) is 0. The molecule has 2 rings (SSSR count). The number of hydrogen-bond donors (Lipinski definition) is 1. The number of ether oxygens (including phenoxy) is 1. The molecule has 0 radical (unpaired) electrons. The van der Waals surface area contributed by atoms with Crippen LogP contribution in [0.3, 0.4) is 0 Å². The van der Waals surface area contributed by atoms with Crippen LogP contribution in [0.4, 0.5) is 0 Å². The lowest BCUT2D eigenvalue weighted by Gasteiger charge is -2.22. The molecule has 0 unspecified atom stereocenters. The van der Waals surface area contributed by atoms with Gasteiger partial charge in [-0.05, 0) is 62.9 Å². The van der Waals surface area contributed by atoms with Crippen LogP contribution >= 0.6 is 11.6 Å². The zero-order valence-corrected chi connectivity index (χ0v) is 11.1. The summed E-state index contributed by atoms with van der Waals surface area (Å²) in [6.07, 6.45) is 3.71. The molecule has 0 aromatic heterocycles. The second kappa shape index (κ2) is 6.27. The molecule has 0 spiro atoms. The second-order valence-corrected chi connectivity index (χ2v) is 5.19. The number of nitrogens with one attached hydrogen (secondary N) is 1. The first-order valence-corrected chi connectivity index (χ1v) is 6.73. The summed E-state index contributed by atoms with van der Waals surface area (Å²) in [6.45, 7) is 5.09. The van der Waals surface area contributed by atoms with Gasteiger partial charge in [0.15, 0.2) is 0 Å². The summed E-state index contributed by atoms with van der Waals surface area (Å²) in [5.41, 5.74) is 1.17. The Morgan fingerprint density at radius 2 is 2.35 bits per heavy atom. The Kier molecular flexibility index (Phi) is 4.69. The minimum atomic E-state index is 0.715. The molecule has 1 aromatic carbocycles. The monoisotopic (exact) mass is 253 g/mol. The van der Waals surface area contributed by atoms with Gasteiger partial charge in [-0.1, -0.05) is 17.7 Å². The largest absolute Gasteiger partial charge is 0.492 e. The van der Waals surface area contributed by atoms with Crippen molar-refractivity contribution < 1.29 is 4.74 Å². The summed E-state index contributed by atoms with van der Waals surface area (Å²) in [5.74, 6) is 1.56. The Bertz CT molecular complexity index is 361. The molecule has 17 heavy (non-hydrogen) atoms. The van der Waals surface area contributed by atoms with E-state index >= 15 is 0 Å². The molecule has 1 aliphatic rings. The van der Waals surface area contributed by atoms with Crippen molar-refractivity contribution in [3.05, 3.63) is 28.8 Å². The van der Waals surface area contributed by atoms with E-state index in [1.807, 2.05) is 25.1 Å². The highest BCUT2D eigenvalue weighted by molar-refractivity contribution is 6.32. The standard InChI is InChI=1S/C14H20ClNO/c1-11-4-5-14(13(15)9-11)17-8-6-12-3-2-7-16-10-12/h4-5,9,12,16H,2-3,6-8,10H2,1H3/t12-/m1/s1. The van der Waals surface area contributed by atoms with Crippen molar-refractivity contribution in [1.29, 1.82) is 0 Å². The average Bonchev–Trinajstić information content (AvgIpc) is 2.33. The van der Waals surface area contributed by atoms with Crippen molar-refractivity contribution in [3.63, 3.8) is 0 Å². The smallest absolute Gasteiger partial charge is 0.137 e. The number of piperidine rings is 1. The van der Waals surface area contributed by atoms with E-state index in [0.717, 1.165) is 31.2 Å². The summed E-state index contributed by atoms with van der Waals surface area (Å²) in [6, 6.07) is 5.93. The number of benzene rings is 1. The van der Waals surface area contributed by atoms with Gasteiger partial charge < -0.3 is 10.1 Å². The maximum Gasteiger partial charge on any atom is 0.137 e. The second-order valence-electron chi connectivity index (χ2n) is 4.78. The number of aryl methyl sites for hydroxylation is 1. The Balaban J connectivity index is 1.77. The van der Waals surface area contributed by atoms with E-state index in [9.17, 15) is 0 Å². The van der Waals surface area contributed by atoms with Crippen LogP contribution in [0.25, 0.3) is 0 Å². The van der Waals surface area contributed by atoms with Crippen LogP contribution in [0.5, 0.6) is 5.75 Å². The molecule has 1 heterocycles. The van der Waals surface area contributed by atoms with Crippen LogP contribution in [0, 0.1) is 12.8 Å². The molecular formula is C14H20ClNO. The summed E-state index contributed by atoms with van der Waals surface area (Å²) < 4.78 is 5.73. The highest BCUT2D eigenvalue weighted by Crippen LogP contribution is 2.25. The Labute approximate surface area is 108 Å². The van der Waals surface area contributed by atoms with Crippen LogP contribution in [0.1, 0.15) is 24.8 Å². The van der Waals surface area contributed by atoms with E-state index in [0.29, 0.717) is 5.02 Å². The van der Waals surface area contributed by atoms with Crippen molar-refractivity contribution in [3.8, 4) is 5.75 Å². The van der Waals surface area contributed by atoms with E-state index < -0.39 is 0 Å². The van der Waals surface area contributed by atoms with E-state index in [2.05, 4.69) is 5.32 Å². The number of hydrogen-bond acceptors (Lipinski definition) is 2. The van der Waals surface area contributed by atoms with Gasteiger partial charge in [0.05, 0.1) is 11.6 Å². The fourth-order valence-corrected chi connectivity index (χ4v) is 2.52. The molecule has 0 bridgehead atoms. The topological polar surface area (TPSA) is 21.3 Å². The molecule has 1 saturated heterocycles. The third kappa shape index (κ3) is 3.90. The maximum absolute atomic E-state index is 6.11. The Morgan fingerprint density at radius 3 is 3.06 bits per heavy atom. The fourth-order valence-electron chi connectivity index (χ4n) is 2.23. The van der Waals surface area contributed by atoms with E-state index in [-0.39, 0.29) is 0 Å². The normalized spacial score (nSPS) is 20.2. The van der Waals surface area contributed by atoms with Gasteiger partial charge in [0.25, 0.3) is 0 Å². The fraction of sp³-hybridized carbons (Fsp3) is 0.571. The van der Waals surface area contributed by atoms with E-state index in [1.54, 1.807) is 0 Å². The Hall–Kier alpha value is -0.730. The van der Waals surface area contributed by atoms with Gasteiger partial charge in [-0.2, -0.15) is 0 Å². The van der Waals surface area contributed by atoms with Crippen LogP contribution in [0.15, 0.2) is 18.2 Å². The number of rotatable bonds is 4. The van der Waals surface area contributed by atoms with Gasteiger partial charge >= 0.3 is 0 Å². The first kappa shape index (κ1) is 12.7. The minimum Gasteiger partial charge on any atom is -0.492 e. The molecule has 2 nitrogen and oxygen atoms in total. The summed E-state index contributed by atoms with van der Waals surface area (Å²) in [5, 5.41) is 4.14. The van der Waals surface area contributed by atoms with Gasteiger partial charge in [-0.25, -0.2) is 0 Å². The quantitative estimate of drug-likeness (QED) is 0.888. The summed E-state index contributed by atoms with van der Waals surface area (Å²) >= 11 is 6.11. The van der Waals surface area contributed by atoms with Gasteiger partial charge in [-0.3, -0.25) is 0 Å². The zero-order valence-electron chi connectivity index (χ0n) is 10.3. The maximum atomic E-state index is 6.11. The predicted octanol–water partition coefficient (Wildman–Crippen LogP) is 3.42. The van der Waals surface area contributed by atoms with Crippen molar-refractivity contribution in [2.45, 2.75) is 26.2 Å². The average molecular weight is 254 g/mol. The number of halogens is 1. The van der Waals surface area contributed by atoms with E-state index in [1.165, 1.54) is 24.9 Å². The van der Waals surface area contributed by atoms with Gasteiger partial charge in [-0.15, -0.1) is 0 Å². The third-order valence-corrected chi connectivity index (χ3v) is 3.57. The molecule has 1 aromatic rings. The van der Waals surface area contributed by atoms with Crippen molar-refractivity contribution >= 4 is 11.6 Å². The molecule has 0 saturated carbocycles. The SMILES string of the molecule is Cc1ccc(OCC[C@H]2CCCNC2)c(Cl)c1. The van der Waals surface area contributed by atoms with Crippen LogP contribution in [-0.4, -0.2) is 19.7 Å². The first-order chi connectivity index (χ1) is 8.25. The lowest BCUT2D eigenvalue weighted by Crippen LogP contribution is -2.30. The summed E-state index contributed by atoms with van der Waals surface area (Å²) in [4.78, 5) is 0. The van der Waals surface area contributed by atoms with Crippen molar-refractivity contribution in [1.82, 2.24) is 5.32 Å². The lowest BCUT2D eigenvalue weighted by molar-refractivity contribution is 0.254. The molecule has 1 N–H and O–H groups in total. The lowest BCUT2D eigenvalue weighted by atomic mass is 9.97. The van der Waals surface area contributed by atoms with Crippen LogP contribution in [-0.2, 0) is 0 Å². The zero-order chi connectivity index (χ0) is 12.1.